The van der Waals surface area contributed by atoms with Crippen molar-refractivity contribution in [1.29, 1.82) is 0 Å². The lowest BCUT2D eigenvalue weighted by Gasteiger charge is -2.05. The monoisotopic (exact) mass is 362 g/mol. The molecule has 3 rings (SSSR count). The normalized spacial score (nSPS) is 10.5. The minimum atomic E-state index is -0.201. The number of thiophene rings is 1. The molecule has 24 heavy (non-hydrogen) atoms. The molecule has 3 heterocycles. The molecule has 0 saturated carbocycles. The molecule has 0 atom stereocenters. The number of aromatic nitrogens is 4. The summed E-state index contributed by atoms with van der Waals surface area (Å²) in [4.78, 5) is 21.2. The zero-order valence-corrected chi connectivity index (χ0v) is 14.2. The van der Waals surface area contributed by atoms with Gasteiger partial charge in [-0.3, -0.25) is 9.89 Å². The van der Waals surface area contributed by atoms with Crippen LogP contribution in [0.1, 0.15) is 16.9 Å². The van der Waals surface area contributed by atoms with Crippen LogP contribution in [0.5, 0.6) is 0 Å². The molecule has 3 aromatic rings. The molecule has 0 aliphatic heterocycles. The first-order chi connectivity index (χ1) is 11.7. The van der Waals surface area contributed by atoms with E-state index in [1.165, 1.54) is 0 Å². The van der Waals surface area contributed by atoms with E-state index in [9.17, 15) is 4.79 Å². The third-order valence-electron chi connectivity index (χ3n) is 3.14. The first-order valence-electron chi connectivity index (χ1n) is 7.32. The Kier molecular flexibility index (Phi) is 5.39. The Balaban J connectivity index is 1.41. The second kappa shape index (κ2) is 7.89. The summed E-state index contributed by atoms with van der Waals surface area (Å²) < 4.78 is 0. The quantitative estimate of drug-likeness (QED) is 0.443. The Morgan fingerprint density at radius 2 is 2.25 bits per heavy atom. The minimum Gasteiger partial charge on any atom is -0.354 e. The molecule has 7 nitrogen and oxygen atoms in total. The van der Waals surface area contributed by atoms with Gasteiger partial charge < -0.3 is 10.6 Å². The average molecular weight is 363 g/mol. The van der Waals surface area contributed by atoms with Crippen molar-refractivity contribution >= 4 is 34.8 Å². The summed E-state index contributed by atoms with van der Waals surface area (Å²) in [6, 6.07) is 7.29. The summed E-state index contributed by atoms with van der Waals surface area (Å²) in [5, 5.41) is 15.2. The van der Waals surface area contributed by atoms with Gasteiger partial charge in [0.05, 0.1) is 10.6 Å². The molecule has 0 spiro atoms. The number of nitrogens with one attached hydrogen (secondary N) is 3. The molecule has 9 heteroatoms. The van der Waals surface area contributed by atoms with Gasteiger partial charge in [0.1, 0.15) is 5.15 Å². The van der Waals surface area contributed by atoms with Gasteiger partial charge in [0, 0.05) is 19.3 Å². The van der Waals surface area contributed by atoms with Crippen LogP contribution in [0.15, 0.2) is 35.8 Å². The van der Waals surface area contributed by atoms with Crippen molar-refractivity contribution < 1.29 is 4.79 Å². The van der Waals surface area contributed by atoms with Crippen molar-refractivity contribution in [2.45, 2.75) is 6.42 Å². The Labute approximate surface area is 147 Å². The highest BCUT2D eigenvalue weighted by molar-refractivity contribution is 7.13. The highest BCUT2D eigenvalue weighted by Gasteiger charge is 2.11. The van der Waals surface area contributed by atoms with Gasteiger partial charge in [-0.1, -0.05) is 17.7 Å². The standard InChI is InChI=1S/C15H15ClN6OS/c16-13-4-7-19-15(20-13)18-6-2-5-17-14(23)11-9-10(21-22-11)12-3-1-8-24-12/h1,3-4,7-9H,2,5-6H2,(H,17,23)(H,21,22)(H,18,19,20). The minimum absolute atomic E-state index is 0.201. The fourth-order valence-electron chi connectivity index (χ4n) is 2.00. The summed E-state index contributed by atoms with van der Waals surface area (Å²) in [5.41, 5.74) is 1.22. The van der Waals surface area contributed by atoms with Crippen LogP contribution in [0.25, 0.3) is 10.6 Å². The predicted molar refractivity (Wildman–Crippen MR) is 94.4 cm³/mol. The van der Waals surface area contributed by atoms with E-state index in [4.69, 9.17) is 11.6 Å². The summed E-state index contributed by atoms with van der Waals surface area (Å²) in [6.07, 6.45) is 2.31. The molecular weight excluding hydrogens is 348 g/mol. The molecule has 3 N–H and O–H groups in total. The molecule has 124 valence electrons. The Bertz CT molecular complexity index is 804. The maximum atomic E-state index is 12.1. The summed E-state index contributed by atoms with van der Waals surface area (Å²) in [6.45, 7) is 1.15. The number of aromatic amines is 1. The summed E-state index contributed by atoms with van der Waals surface area (Å²) >= 11 is 7.37. The number of carbonyl (C=O) groups excluding carboxylic acids is 1. The number of nitrogens with zero attached hydrogens (tertiary/aromatic N) is 3. The van der Waals surface area contributed by atoms with E-state index in [1.807, 2.05) is 17.5 Å². The van der Waals surface area contributed by atoms with Gasteiger partial charge in [-0.05, 0) is 30.0 Å². The third kappa shape index (κ3) is 4.30. The van der Waals surface area contributed by atoms with E-state index in [2.05, 4.69) is 30.8 Å². The van der Waals surface area contributed by atoms with Crippen molar-refractivity contribution in [3.63, 3.8) is 0 Å². The van der Waals surface area contributed by atoms with Gasteiger partial charge in [0.15, 0.2) is 5.69 Å². The molecule has 0 unspecified atom stereocenters. The number of hydrogen-bond donors (Lipinski definition) is 3. The van der Waals surface area contributed by atoms with Crippen LogP contribution in [0.4, 0.5) is 5.95 Å². The zero-order chi connectivity index (χ0) is 16.8. The molecule has 0 aliphatic rings. The number of amides is 1. The average Bonchev–Trinajstić information content (AvgIpc) is 3.25. The summed E-state index contributed by atoms with van der Waals surface area (Å²) in [5.74, 6) is 0.273. The van der Waals surface area contributed by atoms with Crippen LogP contribution in [-0.4, -0.2) is 39.2 Å². The largest absolute Gasteiger partial charge is 0.354 e. The van der Waals surface area contributed by atoms with E-state index in [-0.39, 0.29) is 5.91 Å². The molecule has 0 saturated heterocycles. The lowest BCUT2D eigenvalue weighted by molar-refractivity contribution is 0.0948. The second-order valence-corrected chi connectivity index (χ2v) is 6.22. The smallest absolute Gasteiger partial charge is 0.271 e. The number of hydrogen-bond acceptors (Lipinski definition) is 6. The first-order valence-corrected chi connectivity index (χ1v) is 8.58. The van der Waals surface area contributed by atoms with Gasteiger partial charge in [-0.2, -0.15) is 5.10 Å². The maximum Gasteiger partial charge on any atom is 0.271 e. The van der Waals surface area contributed by atoms with Gasteiger partial charge in [-0.25, -0.2) is 9.97 Å². The fraction of sp³-hybridized carbons (Fsp3) is 0.200. The van der Waals surface area contributed by atoms with E-state index < -0.39 is 0 Å². The third-order valence-corrected chi connectivity index (χ3v) is 4.25. The SMILES string of the molecule is O=C(NCCCNc1nccc(Cl)n1)c1cc(-c2cccs2)[nH]n1. The fourth-order valence-corrected chi connectivity index (χ4v) is 2.83. The van der Waals surface area contributed by atoms with Crippen LogP contribution in [0.2, 0.25) is 5.15 Å². The number of rotatable bonds is 7. The van der Waals surface area contributed by atoms with Crippen LogP contribution in [-0.2, 0) is 0 Å². The van der Waals surface area contributed by atoms with Crippen molar-refractivity contribution in [2.24, 2.45) is 0 Å². The van der Waals surface area contributed by atoms with Gasteiger partial charge in [0.25, 0.3) is 5.91 Å². The van der Waals surface area contributed by atoms with E-state index >= 15 is 0 Å². The molecule has 0 aliphatic carbocycles. The van der Waals surface area contributed by atoms with E-state index in [1.54, 1.807) is 29.7 Å². The number of halogens is 1. The van der Waals surface area contributed by atoms with Gasteiger partial charge in [-0.15, -0.1) is 11.3 Å². The molecule has 3 aromatic heterocycles. The summed E-state index contributed by atoms with van der Waals surface area (Å²) in [7, 11) is 0. The molecule has 0 bridgehead atoms. The first kappa shape index (κ1) is 16.4. The van der Waals surface area contributed by atoms with Crippen LogP contribution >= 0.6 is 22.9 Å². The Hall–Kier alpha value is -2.45. The highest BCUT2D eigenvalue weighted by Crippen LogP contribution is 2.22. The molecular formula is C15H15ClN6OS. The number of H-pyrrole nitrogens is 1. The van der Waals surface area contributed by atoms with Crippen molar-refractivity contribution in [1.82, 2.24) is 25.5 Å². The van der Waals surface area contributed by atoms with Crippen LogP contribution in [0, 0.1) is 0 Å². The maximum absolute atomic E-state index is 12.1. The lowest BCUT2D eigenvalue weighted by Crippen LogP contribution is -2.26. The Morgan fingerprint density at radius 3 is 3.04 bits per heavy atom. The number of carbonyl (C=O) groups is 1. The molecule has 1 amide bonds. The van der Waals surface area contributed by atoms with Crippen LogP contribution in [0.3, 0.4) is 0 Å². The highest BCUT2D eigenvalue weighted by atomic mass is 35.5. The van der Waals surface area contributed by atoms with Gasteiger partial charge >= 0.3 is 0 Å². The van der Waals surface area contributed by atoms with Crippen molar-refractivity contribution in [3.05, 3.63) is 46.7 Å². The zero-order valence-electron chi connectivity index (χ0n) is 12.6. The van der Waals surface area contributed by atoms with Crippen LogP contribution < -0.4 is 10.6 Å². The van der Waals surface area contributed by atoms with E-state index in [0.717, 1.165) is 17.0 Å². The van der Waals surface area contributed by atoms with Crippen molar-refractivity contribution in [2.75, 3.05) is 18.4 Å². The molecule has 0 aromatic carbocycles. The van der Waals surface area contributed by atoms with Crippen molar-refractivity contribution in [3.8, 4) is 10.6 Å². The predicted octanol–water partition coefficient (Wildman–Crippen LogP) is 2.81. The van der Waals surface area contributed by atoms with E-state index in [0.29, 0.717) is 29.9 Å². The second-order valence-electron chi connectivity index (χ2n) is 4.88. The van der Waals surface area contributed by atoms with Gasteiger partial charge in [0.2, 0.25) is 5.95 Å². The topological polar surface area (TPSA) is 95.6 Å². The molecule has 0 radical (unpaired) electrons. The lowest BCUT2D eigenvalue weighted by atomic mass is 10.3. The molecule has 0 fully saturated rings. The number of anilines is 1. The Morgan fingerprint density at radius 1 is 1.33 bits per heavy atom.